The van der Waals surface area contributed by atoms with Gasteiger partial charge in [0.15, 0.2) is 0 Å². The summed E-state index contributed by atoms with van der Waals surface area (Å²) in [4.78, 5) is 23.6. The molecule has 2 aromatic rings. The molecule has 0 unspecified atom stereocenters. The maximum atomic E-state index is 12.3. The molecular weight excluding hydrogens is 264 g/mol. The highest BCUT2D eigenvalue weighted by Crippen LogP contribution is 2.24. The summed E-state index contributed by atoms with van der Waals surface area (Å²) in [6.07, 6.45) is 0.333. The van der Waals surface area contributed by atoms with Crippen molar-refractivity contribution in [3.63, 3.8) is 0 Å². The molecule has 1 aliphatic rings. The van der Waals surface area contributed by atoms with Crippen LogP contribution < -0.4 is 10.6 Å². The van der Waals surface area contributed by atoms with Gasteiger partial charge in [-0.1, -0.05) is 6.07 Å². The fraction of sp³-hybridized carbons (Fsp3) is 0.176. The largest absolute Gasteiger partial charge is 0.326 e. The average Bonchev–Trinajstić information content (AvgIpc) is 2.82. The Balaban J connectivity index is 1.81. The van der Waals surface area contributed by atoms with Gasteiger partial charge in [0.05, 0.1) is 6.42 Å². The van der Waals surface area contributed by atoms with Crippen molar-refractivity contribution < 1.29 is 9.59 Å². The molecule has 0 atom stereocenters. The Labute approximate surface area is 123 Å². The number of rotatable bonds is 2. The predicted octanol–water partition coefficient (Wildman–Crippen LogP) is 3.05. The summed E-state index contributed by atoms with van der Waals surface area (Å²) in [7, 11) is 0. The molecular formula is C17H16N2O2. The van der Waals surface area contributed by atoms with E-state index in [1.165, 1.54) is 5.56 Å². The molecule has 0 aromatic heterocycles. The minimum Gasteiger partial charge on any atom is -0.326 e. The van der Waals surface area contributed by atoms with Gasteiger partial charge in [0.2, 0.25) is 5.91 Å². The van der Waals surface area contributed by atoms with Crippen LogP contribution in [-0.4, -0.2) is 11.8 Å². The second-order valence-electron chi connectivity index (χ2n) is 5.35. The lowest BCUT2D eigenvalue weighted by Crippen LogP contribution is -2.12. The average molecular weight is 280 g/mol. The van der Waals surface area contributed by atoms with Crippen LogP contribution in [0.5, 0.6) is 0 Å². The topological polar surface area (TPSA) is 58.2 Å². The van der Waals surface area contributed by atoms with Gasteiger partial charge < -0.3 is 10.6 Å². The van der Waals surface area contributed by atoms with Crippen molar-refractivity contribution >= 4 is 23.2 Å². The molecule has 0 saturated heterocycles. The van der Waals surface area contributed by atoms with E-state index < -0.39 is 0 Å². The van der Waals surface area contributed by atoms with Crippen molar-refractivity contribution in [2.45, 2.75) is 20.3 Å². The van der Waals surface area contributed by atoms with Gasteiger partial charge in [-0.3, -0.25) is 9.59 Å². The molecule has 1 aliphatic heterocycles. The molecule has 0 saturated carbocycles. The minimum atomic E-state index is -0.166. The summed E-state index contributed by atoms with van der Waals surface area (Å²) in [6.45, 7) is 4.04. The van der Waals surface area contributed by atoms with Crippen LogP contribution in [0.2, 0.25) is 0 Å². The van der Waals surface area contributed by atoms with Crippen LogP contribution >= 0.6 is 0 Å². The third-order valence-electron chi connectivity index (χ3n) is 3.76. The molecule has 1 heterocycles. The highest BCUT2D eigenvalue weighted by atomic mass is 16.2. The van der Waals surface area contributed by atoms with Crippen LogP contribution in [0.1, 0.15) is 27.0 Å². The molecule has 2 N–H and O–H groups in total. The maximum Gasteiger partial charge on any atom is 0.255 e. The van der Waals surface area contributed by atoms with Gasteiger partial charge in [0.25, 0.3) is 5.91 Å². The molecule has 4 nitrogen and oxygen atoms in total. The molecule has 0 aliphatic carbocycles. The van der Waals surface area contributed by atoms with E-state index in [4.69, 9.17) is 0 Å². The lowest BCUT2D eigenvalue weighted by molar-refractivity contribution is -0.115. The molecule has 2 aromatic carbocycles. The van der Waals surface area contributed by atoms with Gasteiger partial charge in [-0.05, 0) is 60.9 Å². The maximum absolute atomic E-state index is 12.3. The fourth-order valence-electron chi connectivity index (χ4n) is 2.39. The Morgan fingerprint density at radius 3 is 2.67 bits per heavy atom. The number of hydrogen-bond acceptors (Lipinski definition) is 2. The molecule has 0 bridgehead atoms. The second-order valence-corrected chi connectivity index (χ2v) is 5.35. The van der Waals surface area contributed by atoms with E-state index >= 15 is 0 Å². The molecule has 106 valence electrons. The van der Waals surface area contributed by atoms with E-state index in [1.807, 2.05) is 32.0 Å². The zero-order valence-corrected chi connectivity index (χ0v) is 12.0. The highest BCUT2D eigenvalue weighted by molar-refractivity contribution is 6.06. The van der Waals surface area contributed by atoms with Crippen LogP contribution in [0, 0.1) is 13.8 Å². The summed E-state index contributed by atoms with van der Waals surface area (Å²) in [5.74, 6) is -0.197. The lowest BCUT2D eigenvalue weighted by atomic mass is 10.1. The third-order valence-corrected chi connectivity index (χ3v) is 3.76. The summed E-state index contributed by atoms with van der Waals surface area (Å²) < 4.78 is 0. The van der Waals surface area contributed by atoms with Gasteiger partial charge in [0, 0.05) is 16.9 Å². The van der Waals surface area contributed by atoms with Crippen LogP contribution in [0.25, 0.3) is 0 Å². The van der Waals surface area contributed by atoms with Crippen LogP contribution in [0.4, 0.5) is 11.4 Å². The van der Waals surface area contributed by atoms with Crippen molar-refractivity contribution in [1.82, 2.24) is 0 Å². The number of aryl methyl sites for hydroxylation is 2. The number of carbonyl (C=O) groups is 2. The van der Waals surface area contributed by atoms with E-state index in [9.17, 15) is 9.59 Å². The molecule has 21 heavy (non-hydrogen) atoms. The van der Waals surface area contributed by atoms with Crippen molar-refractivity contribution in [3.05, 3.63) is 58.7 Å². The number of benzene rings is 2. The lowest BCUT2D eigenvalue weighted by Gasteiger charge is -2.08. The zero-order valence-electron chi connectivity index (χ0n) is 12.0. The standard InChI is InChI=1S/C17H16N2O2/c1-10-3-5-14(7-11(10)2)18-17(21)12-4-6-15-13(8-12)9-16(20)19-15/h3-8H,9H2,1-2H3,(H,18,21)(H,19,20). The smallest absolute Gasteiger partial charge is 0.255 e. The van der Waals surface area contributed by atoms with Crippen molar-refractivity contribution in [3.8, 4) is 0 Å². The molecule has 4 heteroatoms. The van der Waals surface area contributed by atoms with E-state index in [1.54, 1.807) is 18.2 Å². The number of nitrogens with one attached hydrogen (secondary N) is 2. The van der Waals surface area contributed by atoms with Crippen molar-refractivity contribution in [1.29, 1.82) is 0 Å². The third kappa shape index (κ3) is 2.65. The minimum absolute atomic E-state index is 0.0308. The number of amides is 2. The Bertz CT molecular complexity index is 750. The Hall–Kier alpha value is -2.62. The first kappa shape index (κ1) is 13.4. The molecule has 0 radical (unpaired) electrons. The second kappa shape index (κ2) is 5.05. The van der Waals surface area contributed by atoms with E-state index in [0.717, 1.165) is 22.5 Å². The molecule has 0 spiro atoms. The number of carbonyl (C=O) groups excluding carboxylic acids is 2. The van der Waals surface area contributed by atoms with Gasteiger partial charge in [-0.25, -0.2) is 0 Å². The van der Waals surface area contributed by atoms with Gasteiger partial charge >= 0.3 is 0 Å². The van der Waals surface area contributed by atoms with Gasteiger partial charge in [0.1, 0.15) is 0 Å². The normalized spacial score (nSPS) is 12.8. The monoisotopic (exact) mass is 280 g/mol. The number of fused-ring (bicyclic) bond motifs is 1. The van der Waals surface area contributed by atoms with Crippen LogP contribution in [0.15, 0.2) is 36.4 Å². The number of anilines is 2. The quantitative estimate of drug-likeness (QED) is 0.888. The first-order chi connectivity index (χ1) is 10.0. The Morgan fingerprint density at radius 1 is 1.10 bits per heavy atom. The Kier molecular flexibility index (Phi) is 3.22. The summed E-state index contributed by atoms with van der Waals surface area (Å²) in [5.41, 5.74) is 5.32. The van der Waals surface area contributed by atoms with E-state index in [-0.39, 0.29) is 11.8 Å². The molecule has 3 rings (SSSR count). The molecule has 2 amide bonds. The first-order valence-corrected chi connectivity index (χ1v) is 6.84. The summed E-state index contributed by atoms with van der Waals surface area (Å²) in [6, 6.07) is 11.1. The van der Waals surface area contributed by atoms with Crippen LogP contribution in [0.3, 0.4) is 0 Å². The highest BCUT2D eigenvalue weighted by Gasteiger charge is 2.19. The SMILES string of the molecule is Cc1ccc(NC(=O)c2ccc3c(c2)CC(=O)N3)cc1C. The summed E-state index contributed by atoms with van der Waals surface area (Å²) >= 11 is 0. The Morgan fingerprint density at radius 2 is 1.90 bits per heavy atom. The fourth-order valence-corrected chi connectivity index (χ4v) is 2.39. The van der Waals surface area contributed by atoms with E-state index in [0.29, 0.717) is 12.0 Å². The zero-order chi connectivity index (χ0) is 15.0. The van der Waals surface area contributed by atoms with Crippen LogP contribution in [-0.2, 0) is 11.2 Å². The predicted molar refractivity (Wildman–Crippen MR) is 82.6 cm³/mol. The van der Waals surface area contributed by atoms with Gasteiger partial charge in [-0.15, -0.1) is 0 Å². The first-order valence-electron chi connectivity index (χ1n) is 6.84. The van der Waals surface area contributed by atoms with Crippen molar-refractivity contribution in [2.75, 3.05) is 10.6 Å². The van der Waals surface area contributed by atoms with Gasteiger partial charge in [-0.2, -0.15) is 0 Å². The molecule has 0 fully saturated rings. The number of hydrogen-bond donors (Lipinski definition) is 2. The summed E-state index contributed by atoms with van der Waals surface area (Å²) in [5, 5.41) is 5.64. The van der Waals surface area contributed by atoms with Crippen molar-refractivity contribution in [2.24, 2.45) is 0 Å². The van der Waals surface area contributed by atoms with E-state index in [2.05, 4.69) is 10.6 Å².